The van der Waals surface area contributed by atoms with Gasteiger partial charge in [0.15, 0.2) is 0 Å². The molecule has 1 aliphatic heterocycles. The number of carbonyl (C=O) groups excluding carboxylic acids is 1. The Bertz CT molecular complexity index is 742. The number of hydrogen-bond donors (Lipinski definition) is 0. The number of hydrogen-bond acceptors (Lipinski definition) is 6. The third-order valence-electron chi connectivity index (χ3n) is 3.72. The summed E-state index contributed by atoms with van der Waals surface area (Å²) < 4.78 is 10.7. The molecule has 1 fully saturated rings. The maximum absolute atomic E-state index is 12.5. The quantitative estimate of drug-likeness (QED) is 0.371. The predicted molar refractivity (Wildman–Crippen MR) is 87.5 cm³/mol. The van der Waals surface area contributed by atoms with Crippen LogP contribution in [0.4, 0.5) is 11.4 Å². The number of non-ortho nitro benzene ring substituents is 1. The van der Waals surface area contributed by atoms with E-state index in [0.717, 1.165) is 0 Å². The molecule has 124 valence electrons. The van der Waals surface area contributed by atoms with E-state index in [9.17, 15) is 14.9 Å². The van der Waals surface area contributed by atoms with E-state index in [-0.39, 0.29) is 11.3 Å². The fraction of sp³-hybridized carbons (Fsp3) is 0.235. The van der Waals surface area contributed by atoms with E-state index >= 15 is 0 Å². The number of nitro groups is 1. The molecule has 3 rings (SSSR count). The second kappa shape index (κ2) is 7.10. The van der Waals surface area contributed by atoms with Gasteiger partial charge in [0.25, 0.3) is 5.69 Å². The second-order valence-corrected chi connectivity index (χ2v) is 5.26. The van der Waals surface area contributed by atoms with Crippen LogP contribution in [0.15, 0.2) is 48.5 Å². The monoisotopic (exact) mass is 328 g/mol. The summed E-state index contributed by atoms with van der Waals surface area (Å²) in [5.41, 5.74) is 0.645. The zero-order chi connectivity index (χ0) is 16.9. The lowest BCUT2D eigenvalue weighted by Crippen LogP contribution is -2.37. The van der Waals surface area contributed by atoms with Crippen molar-refractivity contribution in [3.05, 3.63) is 64.2 Å². The lowest BCUT2D eigenvalue weighted by atomic mass is 10.1. The SMILES string of the molecule is O=C(Oc1ccccc1)c1cc([N+](=O)[O-])ccc1N1CCOCC1. The highest BCUT2D eigenvalue weighted by molar-refractivity contribution is 5.98. The van der Waals surface area contributed by atoms with Crippen molar-refractivity contribution in [1.82, 2.24) is 0 Å². The molecule has 1 saturated heterocycles. The Morgan fingerprint density at radius 2 is 1.83 bits per heavy atom. The number of para-hydroxylation sites is 1. The molecule has 0 spiro atoms. The van der Waals surface area contributed by atoms with Gasteiger partial charge in [0.05, 0.1) is 29.4 Å². The van der Waals surface area contributed by atoms with Gasteiger partial charge in [-0.15, -0.1) is 0 Å². The van der Waals surface area contributed by atoms with E-state index in [1.807, 2.05) is 11.0 Å². The normalized spacial score (nSPS) is 14.2. The lowest BCUT2D eigenvalue weighted by molar-refractivity contribution is -0.384. The summed E-state index contributed by atoms with van der Waals surface area (Å²) in [6.45, 7) is 2.32. The Morgan fingerprint density at radius 1 is 1.12 bits per heavy atom. The molecule has 2 aromatic carbocycles. The minimum Gasteiger partial charge on any atom is -0.423 e. The van der Waals surface area contributed by atoms with Gasteiger partial charge in [-0.1, -0.05) is 18.2 Å². The van der Waals surface area contributed by atoms with E-state index in [1.54, 1.807) is 30.3 Å². The molecule has 0 saturated carbocycles. The Balaban J connectivity index is 1.94. The van der Waals surface area contributed by atoms with Crippen molar-refractivity contribution in [3.63, 3.8) is 0 Å². The van der Waals surface area contributed by atoms with Crippen LogP contribution < -0.4 is 9.64 Å². The molecule has 0 bridgehead atoms. The third kappa shape index (κ3) is 3.52. The zero-order valence-corrected chi connectivity index (χ0v) is 12.9. The fourth-order valence-electron chi connectivity index (χ4n) is 2.53. The smallest absolute Gasteiger partial charge is 0.345 e. The Kier molecular flexibility index (Phi) is 4.72. The molecule has 7 heteroatoms. The second-order valence-electron chi connectivity index (χ2n) is 5.26. The molecular weight excluding hydrogens is 312 g/mol. The molecule has 0 atom stereocenters. The predicted octanol–water partition coefficient (Wildman–Crippen LogP) is 2.65. The van der Waals surface area contributed by atoms with Gasteiger partial charge in [-0.2, -0.15) is 0 Å². The van der Waals surface area contributed by atoms with E-state index in [0.29, 0.717) is 37.7 Å². The Labute approximate surface area is 138 Å². The summed E-state index contributed by atoms with van der Waals surface area (Å²) in [7, 11) is 0. The number of rotatable bonds is 4. The van der Waals surface area contributed by atoms with Crippen molar-refractivity contribution in [2.45, 2.75) is 0 Å². The van der Waals surface area contributed by atoms with Crippen LogP contribution in [0, 0.1) is 10.1 Å². The largest absolute Gasteiger partial charge is 0.423 e. The number of benzene rings is 2. The summed E-state index contributed by atoms with van der Waals surface area (Å²) in [4.78, 5) is 25.0. The van der Waals surface area contributed by atoms with Crippen molar-refractivity contribution < 1.29 is 19.2 Å². The van der Waals surface area contributed by atoms with Crippen LogP contribution in [0.2, 0.25) is 0 Å². The molecule has 7 nitrogen and oxygen atoms in total. The Morgan fingerprint density at radius 3 is 2.50 bits per heavy atom. The number of ether oxygens (including phenoxy) is 2. The minimum atomic E-state index is -0.619. The molecule has 0 N–H and O–H groups in total. The van der Waals surface area contributed by atoms with Crippen LogP contribution in [-0.4, -0.2) is 37.2 Å². The first kappa shape index (κ1) is 15.9. The van der Waals surface area contributed by atoms with Crippen molar-refractivity contribution >= 4 is 17.3 Å². The van der Waals surface area contributed by atoms with Crippen molar-refractivity contribution in [1.29, 1.82) is 0 Å². The van der Waals surface area contributed by atoms with Crippen LogP contribution in [-0.2, 0) is 4.74 Å². The van der Waals surface area contributed by atoms with E-state index in [4.69, 9.17) is 9.47 Å². The summed E-state index contributed by atoms with van der Waals surface area (Å²) in [5.74, 6) is -0.228. The summed E-state index contributed by atoms with van der Waals surface area (Å²) in [6.07, 6.45) is 0. The summed E-state index contributed by atoms with van der Waals surface area (Å²) in [6, 6.07) is 12.9. The van der Waals surface area contributed by atoms with Gasteiger partial charge in [0.1, 0.15) is 5.75 Å². The molecule has 2 aromatic rings. The van der Waals surface area contributed by atoms with E-state index in [2.05, 4.69) is 0 Å². The molecule has 0 amide bonds. The number of esters is 1. The molecule has 0 aliphatic carbocycles. The fourth-order valence-corrected chi connectivity index (χ4v) is 2.53. The minimum absolute atomic E-state index is 0.146. The van der Waals surface area contributed by atoms with E-state index in [1.165, 1.54) is 12.1 Å². The van der Waals surface area contributed by atoms with Gasteiger partial charge >= 0.3 is 5.97 Å². The van der Waals surface area contributed by atoms with Crippen molar-refractivity contribution in [2.75, 3.05) is 31.2 Å². The highest BCUT2D eigenvalue weighted by Gasteiger charge is 2.23. The first-order valence-electron chi connectivity index (χ1n) is 7.53. The number of anilines is 1. The molecule has 1 aliphatic rings. The highest BCUT2D eigenvalue weighted by Crippen LogP contribution is 2.27. The topological polar surface area (TPSA) is 81.9 Å². The maximum atomic E-state index is 12.5. The molecule has 0 aromatic heterocycles. The van der Waals surface area contributed by atoms with E-state index < -0.39 is 10.9 Å². The lowest BCUT2D eigenvalue weighted by Gasteiger charge is -2.30. The molecule has 24 heavy (non-hydrogen) atoms. The first-order chi connectivity index (χ1) is 11.6. The summed E-state index contributed by atoms with van der Waals surface area (Å²) in [5, 5.41) is 11.0. The number of nitrogens with zero attached hydrogens (tertiary/aromatic N) is 2. The first-order valence-corrected chi connectivity index (χ1v) is 7.53. The standard InChI is InChI=1S/C17H16N2O5/c20-17(24-14-4-2-1-3-5-14)15-12-13(19(21)22)6-7-16(15)18-8-10-23-11-9-18/h1-7,12H,8-11H2. The van der Waals surface area contributed by atoms with Crippen LogP contribution in [0.5, 0.6) is 5.75 Å². The van der Waals surface area contributed by atoms with Gasteiger partial charge in [-0.25, -0.2) is 4.79 Å². The van der Waals surface area contributed by atoms with Crippen LogP contribution in [0.25, 0.3) is 0 Å². The number of carbonyl (C=O) groups is 1. The van der Waals surface area contributed by atoms with Gasteiger partial charge in [0.2, 0.25) is 0 Å². The van der Waals surface area contributed by atoms with Gasteiger partial charge in [-0.3, -0.25) is 10.1 Å². The van der Waals surface area contributed by atoms with Gasteiger partial charge < -0.3 is 14.4 Å². The molecule has 0 unspecified atom stereocenters. The Hall–Kier alpha value is -2.93. The van der Waals surface area contributed by atoms with Crippen LogP contribution in [0.3, 0.4) is 0 Å². The average molecular weight is 328 g/mol. The maximum Gasteiger partial charge on any atom is 0.345 e. The van der Waals surface area contributed by atoms with Crippen molar-refractivity contribution in [3.8, 4) is 5.75 Å². The molecule has 0 radical (unpaired) electrons. The third-order valence-corrected chi connectivity index (χ3v) is 3.72. The van der Waals surface area contributed by atoms with Crippen molar-refractivity contribution in [2.24, 2.45) is 0 Å². The van der Waals surface area contributed by atoms with Crippen LogP contribution >= 0.6 is 0 Å². The summed E-state index contributed by atoms with van der Waals surface area (Å²) >= 11 is 0. The molecular formula is C17H16N2O5. The zero-order valence-electron chi connectivity index (χ0n) is 12.9. The van der Waals surface area contributed by atoms with Gasteiger partial charge in [0, 0.05) is 25.2 Å². The average Bonchev–Trinajstić information content (AvgIpc) is 2.62. The van der Waals surface area contributed by atoms with Gasteiger partial charge in [-0.05, 0) is 18.2 Å². The number of morpholine rings is 1. The highest BCUT2D eigenvalue weighted by atomic mass is 16.6. The number of nitro benzene ring substituents is 1. The van der Waals surface area contributed by atoms with Crippen LogP contribution in [0.1, 0.15) is 10.4 Å². The molecule has 1 heterocycles.